The molecule has 0 fully saturated rings. The molecule has 0 saturated carbocycles. The largest absolute Gasteiger partial charge is 0.324 e. The fraction of sp³-hybridized carbons (Fsp3) is 0.786. The molecule has 0 aliphatic carbocycles. The molecular weight excluding hydrogens is 212 g/mol. The summed E-state index contributed by atoms with van der Waals surface area (Å²) in [6.07, 6.45) is 0. The molecule has 0 bridgehead atoms. The molecule has 1 aliphatic rings. The van der Waals surface area contributed by atoms with Crippen molar-refractivity contribution in [1.82, 2.24) is 9.80 Å². The standard InChI is InChI=1S/C14H26N2O/c1-13(2,3)10-9-15(7)12(17)16(8)11(10)14(4,5)6/h9H2,1-8H3. The Morgan fingerprint density at radius 2 is 1.41 bits per heavy atom. The topological polar surface area (TPSA) is 23.6 Å². The first-order chi connectivity index (χ1) is 7.46. The molecule has 0 spiro atoms. The van der Waals surface area contributed by atoms with E-state index in [4.69, 9.17) is 0 Å². The van der Waals surface area contributed by atoms with E-state index < -0.39 is 0 Å². The van der Waals surface area contributed by atoms with Gasteiger partial charge in [0.05, 0.1) is 0 Å². The molecule has 98 valence electrons. The molecule has 0 unspecified atom stereocenters. The lowest BCUT2D eigenvalue weighted by Gasteiger charge is -2.44. The van der Waals surface area contributed by atoms with Crippen molar-refractivity contribution >= 4 is 6.03 Å². The molecule has 2 amide bonds. The molecule has 0 saturated heterocycles. The van der Waals surface area contributed by atoms with E-state index >= 15 is 0 Å². The molecular formula is C14H26N2O. The molecule has 0 aromatic rings. The smallest absolute Gasteiger partial charge is 0.323 e. The zero-order valence-electron chi connectivity index (χ0n) is 12.5. The van der Waals surface area contributed by atoms with Crippen molar-refractivity contribution in [2.24, 2.45) is 10.8 Å². The van der Waals surface area contributed by atoms with E-state index in [1.165, 1.54) is 11.3 Å². The first-order valence-electron chi connectivity index (χ1n) is 6.19. The predicted molar refractivity (Wildman–Crippen MR) is 71.7 cm³/mol. The third kappa shape index (κ3) is 2.64. The Bertz CT molecular complexity index is 355. The fourth-order valence-electron chi connectivity index (χ4n) is 2.48. The van der Waals surface area contributed by atoms with Crippen molar-refractivity contribution in [3.63, 3.8) is 0 Å². The van der Waals surface area contributed by atoms with E-state index in [1.807, 2.05) is 19.0 Å². The second kappa shape index (κ2) is 4.04. The number of hydrogen-bond acceptors (Lipinski definition) is 1. The highest BCUT2D eigenvalue weighted by atomic mass is 16.2. The minimum absolute atomic E-state index is 0.00567. The lowest BCUT2D eigenvalue weighted by Crippen LogP contribution is -2.49. The summed E-state index contributed by atoms with van der Waals surface area (Å²) >= 11 is 0. The summed E-state index contributed by atoms with van der Waals surface area (Å²) in [5.41, 5.74) is 2.61. The highest BCUT2D eigenvalue weighted by Gasteiger charge is 2.37. The first-order valence-corrected chi connectivity index (χ1v) is 6.19. The van der Waals surface area contributed by atoms with Gasteiger partial charge in [0.2, 0.25) is 0 Å². The summed E-state index contributed by atoms with van der Waals surface area (Å²) in [5.74, 6) is 0. The van der Waals surface area contributed by atoms with E-state index in [1.54, 1.807) is 4.90 Å². The van der Waals surface area contributed by atoms with Gasteiger partial charge in [-0.25, -0.2) is 4.79 Å². The van der Waals surface area contributed by atoms with E-state index in [0.29, 0.717) is 0 Å². The van der Waals surface area contributed by atoms with Crippen molar-refractivity contribution in [3.05, 3.63) is 11.3 Å². The Morgan fingerprint density at radius 3 is 1.76 bits per heavy atom. The number of rotatable bonds is 0. The molecule has 0 aromatic heterocycles. The van der Waals surface area contributed by atoms with Gasteiger partial charge >= 0.3 is 6.03 Å². The third-order valence-corrected chi connectivity index (χ3v) is 3.25. The zero-order valence-corrected chi connectivity index (χ0v) is 12.5. The van der Waals surface area contributed by atoms with E-state index in [2.05, 4.69) is 41.5 Å². The normalized spacial score (nSPS) is 19.2. The SMILES string of the molecule is CN1CC(C(C)(C)C)=C(C(C)(C)C)N(C)C1=O. The van der Waals surface area contributed by atoms with Crippen LogP contribution in [0.15, 0.2) is 11.3 Å². The van der Waals surface area contributed by atoms with Gasteiger partial charge in [0.1, 0.15) is 0 Å². The summed E-state index contributed by atoms with van der Waals surface area (Å²) in [6, 6.07) is 0.0860. The van der Waals surface area contributed by atoms with Crippen LogP contribution in [0.25, 0.3) is 0 Å². The maximum absolute atomic E-state index is 12.1. The molecule has 0 N–H and O–H groups in total. The maximum atomic E-state index is 12.1. The number of hydrogen-bond donors (Lipinski definition) is 0. The number of amides is 2. The summed E-state index contributed by atoms with van der Waals surface area (Å²) in [6.45, 7) is 13.9. The van der Waals surface area contributed by atoms with Crippen LogP contribution in [-0.2, 0) is 0 Å². The minimum Gasteiger partial charge on any atom is -0.323 e. The monoisotopic (exact) mass is 238 g/mol. The van der Waals surface area contributed by atoms with Gasteiger partial charge in [-0.1, -0.05) is 41.5 Å². The van der Waals surface area contributed by atoms with Gasteiger partial charge in [0, 0.05) is 31.8 Å². The molecule has 0 radical (unpaired) electrons. The first kappa shape index (κ1) is 14.1. The average Bonchev–Trinajstić information content (AvgIpc) is 2.09. The van der Waals surface area contributed by atoms with Crippen LogP contribution in [0.3, 0.4) is 0 Å². The van der Waals surface area contributed by atoms with Gasteiger partial charge in [-0.3, -0.25) is 0 Å². The number of urea groups is 1. The maximum Gasteiger partial charge on any atom is 0.324 e. The lowest BCUT2D eigenvalue weighted by atomic mass is 9.77. The zero-order chi connectivity index (χ0) is 13.6. The molecule has 0 aromatic carbocycles. The second-order valence-electron chi connectivity index (χ2n) is 7.02. The quantitative estimate of drug-likeness (QED) is 0.635. The Kier molecular flexibility index (Phi) is 3.34. The second-order valence-corrected chi connectivity index (χ2v) is 7.02. The van der Waals surface area contributed by atoms with E-state index in [9.17, 15) is 4.79 Å². The molecule has 1 aliphatic heterocycles. The lowest BCUT2D eigenvalue weighted by molar-refractivity contribution is 0.161. The van der Waals surface area contributed by atoms with Gasteiger partial charge < -0.3 is 9.80 Å². The van der Waals surface area contributed by atoms with E-state index in [0.717, 1.165) is 6.54 Å². The van der Waals surface area contributed by atoms with Gasteiger partial charge in [-0.15, -0.1) is 0 Å². The van der Waals surface area contributed by atoms with Gasteiger partial charge in [0.15, 0.2) is 0 Å². The van der Waals surface area contributed by atoms with E-state index in [-0.39, 0.29) is 16.9 Å². The van der Waals surface area contributed by atoms with Crippen LogP contribution in [0.5, 0.6) is 0 Å². The van der Waals surface area contributed by atoms with Crippen LogP contribution < -0.4 is 0 Å². The minimum atomic E-state index is -0.00567. The molecule has 17 heavy (non-hydrogen) atoms. The number of nitrogens with zero attached hydrogens (tertiary/aromatic N) is 2. The summed E-state index contributed by atoms with van der Waals surface area (Å²) in [5, 5.41) is 0. The van der Waals surface area contributed by atoms with Crippen molar-refractivity contribution in [2.75, 3.05) is 20.6 Å². The summed E-state index contributed by atoms with van der Waals surface area (Å²) < 4.78 is 0. The Labute approximate surface area is 105 Å². The molecule has 3 heteroatoms. The van der Waals surface area contributed by atoms with Crippen LogP contribution in [0.4, 0.5) is 4.79 Å². The summed E-state index contributed by atoms with van der Waals surface area (Å²) in [4.78, 5) is 15.7. The average molecular weight is 238 g/mol. The van der Waals surface area contributed by atoms with Crippen LogP contribution >= 0.6 is 0 Å². The number of carbonyl (C=O) groups excluding carboxylic acids is 1. The summed E-state index contributed by atoms with van der Waals surface area (Å²) in [7, 11) is 3.74. The van der Waals surface area contributed by atoms with Crippen molar-refractivity contribution < 1.29 is 4.79 Å². The number of carbonyl (C=O) groups is 1. The van der Waals surface area contributed by atoms with Gasteiger partial charge in [-0.05, 0) is 11.0 Å². The van der Waals surface area contributed by atoms with Crippen LogP contribution in [0.1, 0.15) is 41.5 Å². The molecule has 1 heterocycles. The van der Waals surface area contributed by atoms with Crippen LogP contribution in [0.2, 0.25) is 0 Å². The Balaban J connectivity index is 3.41. The number of allylic oxidation sites excluding steroid dienone is 1. The predicted octanol–water partition coefficient (Wildman–Crippen LogP) is 3.33. The van der Waals surface area contributed by atoms with Crippen molar-refractivity contribution in [3.8, 4) is 0 Å². The number of likely N-dealkylation sites (N-methyl/N-ethyl adjacent to an activating group) is 1. The highest BCUT2D eigenvalue weighted by molar-refractivity contribution is 5.78. The van der Waals surface area contributed by atoms with Crippen molar-refractivity contribution in [2.45, 2.75) is 41.5 Å². The van der Waals surface area contributed by atoms with Crippen molar-refractivity contribution in [1.29, 1.82) is 0 Å². The molecule has 3 nitrogen and oxygen atoms in total. The highest BCUT2D eigenvalue weighted by Crippen LogP contribution is 2.40. The van der Waals surface area contributed by atoms with Crippen LogP contribution in [-0.4, -0.2) is 36.5 Å². The Morgan fingerprint density at radius 1 is 0.941 bits per heavy atom. The molecule has 1 rings (SSSR count). The Hall–Kier alpha value is -0.990. The van der Waals surface area contributed by atoms with Gasteiger partial charge in [0.25, 0.3) is 0 Å². The van der Waals surface area contributed by atoms with Crippen LogP contribution in [0, 0.1) is 10.8 Å². The fourth-order valence-corrected chi connectivity index (χ4v) is 2.48. The molecule has 0 atom stereocenters. The third-order valence-electron chi connectivity index (χ3n) is 3.25. The van der Waals surface area contributed by atoms with Gasteiger partial charge in [-0.2, -0.15) is 0 Å².